The van der Waals surface area contributed by atoms with Gasteiger partial charge in [-0.3, -0.25) is 4.39 Å². The van der Waals surface area contributed by atoms with Gasteiger partial charge in [-0.2, -0.15) is 8.78 Å². The normalized spacial score (nSPS) is 15.0. The molecule has 7 heteroatoms. The summed E-state index contributed by atoms with van der Waals surface area (Å²) in [6.45, 7) is 0. The standard InChI is InChI=1S/C3H6BF3O3/c5-2(4(9)10)1-3(6,7)8/h2,8-10H,1H2. The first-order valence-electron chi connectivity index (χ1n) is 2.43. The van der Waals surface area contributed by atoms with Crippen LogP contribution in [-0.4, -0.2) is 34.5 Å². The van der Waals surface area contributed by atoms with Gasteiger partial charge in [-0.05, 0) is 0 Å². The van der Waals surface area contributed by atoms with Gasteiger partial charge < -0.3 is 15.2 Å². The van der Waals surface area contributed by atoms with Gasteiger partial charge in [0.05, 0.1) is 6.42 Å². The van der Waals surface area contributed by atoms with E-state index >= 15 is 0 Å². The molecule has 60 valence electrons. The van der Waals surface area contributed by atoms with Crippen LogP contribution in [0.15, 0.2) is 0 Å². The average molecular weight is 158 g/mol. The summed E-state index contributed by atoms with van der Waals surface area (Å²) >= 11 is 0. The highest BCUT2D eigenvalue weighted by molar-refractivity contribution is 6.42. The molecule has 0 bridgehead atoms. The lowest BCUT2D eigenvalue weighted by molar-refractivity contribution is -0.208. The molecule has 0 saturated carbocycles. The molecule has 0 rings (SSSR count). The van der Waals surface area contributed by atoms with Crippen LogP contribution in [0.2, 0.25) is 0 Å². The van der Waals surface area contributed by atoms with E-state index in [9.17, 15) is 13.2 Å². The Hall–Kier alpha value is -0.265. The zero-order chi connectivity index (χ0) is 8.36. The Morgan fingerprint density at radius 1 is 1.40 bits per heavy atom. The molecular weight excluding hydrogens is 152 g/mol. The quantitative estimate of drug-likeness (QED) is 0.476. The summed E-state index contributed by atoms with van der Waals surface area (Å²) in [6, 6.07) is 0. The maximum atomic E-state index is 11.9. The minimum Gasteiger partial charge on any atom is -0.425 e. The van der Waals surface area contributed by atoms with Gasteiger partial charge in [0.2, 0.25) is 0 Å². The molecule has 0 fully saturated rings. The molecule has 0 aliphatic heterocycles. The number of alkyl halides is 3. The Morgan fingerprint density at radius 2 is 1.80 bits per heavy atom. The molecule has 0 aliphatic rings. The molecule has 0 aromatic heterocycles. The van der Waals surface area contributed by atoms with Crippen molar-refractivity contribution >= 4 is 7.12 Å². The highest BCUT2D eigenvalue weighted by Crippen LogP contribution is 2.17. The monoisotopic (exact) mass is 158 g/mol. The lowest BCUT2D eigenvalue weighted by Crippen LogP contribution is -2.33. The summed E-state index contributed by atoms with van der Waals surface area (Å²) < 4.78 is 34.7. The number of halogens is 3. The van der Waals surface area contributed by atoms with Gasteiger partial charge >= 0.3 is 13.2 Å². The molecule has 0 heterocycles. The van der Waals surface area contributed by atoms with Gasteiger partial charge in [0.1, 0.15) is 6.07 Å². The lowest BCUT2D eigenvalue weighted by atomic mass is 9.81. The van der Waals surface area contributed by atoms with Crippen molar-refractivity contribution in [3.63, 3.8) is 0 Å². The molecule has 0 aliphatic carbocycles. The van der Waals surface area contributed by atoms with Crippen LogP contribution < -0.4 is 0 Å². The van der Waals surface area contributed by atoms with Gasteiger partial charge in [-0.1, -0.05) is 0 Å². The predicted octanol–water partition coefficient (Wildman–Crippen LogP) is -0.688. The van der Waals surface area contributed by atoms with Gasteiger partial charge in [0, 0.05) is 0 Å². The highest BCUT2D eigenvalue weighted by Gasteiger charge is 2.35. The molecule has 3 N–H and O–H groups in total. The summed E-state index contributed by atoms with van der Waals surface area (Å²) in [4.78, 5) is 0. The zero-order valence-corrected chi connectivity index (χ0v) is 4.84. The molecule has 0 spiro atoms. The third-order valence-corrected chi connectivity index (χ3v) is 0.764. The first-order chi connectivity index (χ1) is 4.33. The maximum absolute atomic E-state index is 11.9. The van der Waals surface area contributed by atoms with E-state index in [4.69, 9.17) is 15.2 Å². The number of aliphatic hydroxyl groups is 1. The molecule has 0 saturated heterocycles. The summed E-state index contributed by atoms with van der Waals surface area (Å²) in [5.74, 6) is 0. The van der Waals surface area contributed by atoms with E-state index in [2.05, 4.69) is 0 Å². The molecule has 0 radical (unpaired) electrons. The molecule has 0 aromatic rings. The number of rotatable bonds is 3. The fraction of sp³-hybridized carbons (Fsp3) is 1.00. The van der Waals surface area contributed by atoms with Crippen molar-refractivity contribution in [1.82, 2.24) is 0 Å². The van der Waals surface area contributed by atoms with Crippen LogP contribution in [-0.2, 0) is 0 Å². The van der Waals surface area contributed by atoms with Crippen LogP contribution in [0.4, 0.5) is 13.2 Å². The van der Waals surface area contributed by atoms with E-state index in [-0.39, 0.29) is 0 Å². The number of hydrogen-bond acceptors (Lipinski definition) is 3. The molecule has 3 nitrogen and oxygen atoms in total. The topological polar surface area (TPSA) is 60.7 Å². The van der Waals surface area contributed by atoms with Gasteiger partial charge in [0.15, 0.2) is 0 Å². The summed E-state index contributed by atoms with van der Waals surface area (Å²) in [6.07, 6.45) is -8.33. The van der Waals surface area contributed by atoms with Crippen molar-refractivity contribution in [3.05, 3.63) is 0 Å². The Morgan fingerprint density at radius 3 is 1.90 bits per heavy atom. The lowest BCUT2D eigenvalue weighted by Gasteiger charge is -2.10. The van der Waals surface area contributed by atoms with Gasteiger partial charge in [-0.25, -0.2) is 0 Å². The Bertz CT molecular complexity index is 104. The van der Waals surface area contributed by atoms with Crippen molar-refractivity contribution in [2.24, 2.45) is 0 Å². The molecular formula is C3H6BF3O3. The average Bonchev–Trinajstić information content (AvgIpc) is 1.60. The second kappa shape index (κ2) is 3.22. The van der Waals surface area contributed by atoms with Crippen LogP contribution in [0, 0.1) is 0 Å². The Labute approximate surface area is 55.2 Å². The van der Waals surface area contributed by atoms with E-state index in [0.29, 0.717) is 0 Å². The molecule has 0 amide bonds. The minimum atomic E-state index is -4.19. The summed E-state index contributed by atoms with van der Waals surface area (Å²) in [5, 5.41) is 23.5. The van der Waals surface area contributed by atoms with Crippen LogP contribution in [0.5, 0.6) is 0 Å². The maximum Gasteiger partial charge on any atom is 0.488 e. The predicted molar refractivity (Wildman–Crippen MR) is 26.9 cm³/mol. The first-order valence-corrected chi connectivity index (χ1v) is 2.43. The second-order valence-electron chi connectivity index (χ2n) is 1.80. The van der Waals surface area contributed by atoms with Crippen LogP contribution in [0.1, 0.15) is 6.42 Å². The van der Waals surface area contributed by atoms with Crippen molar-refractivity contribution < 1.29 is 28.3 Å². The second-order valence-corrected chi connectivity index (χ2v) is 1.80. The zero-order valence-electron chi connectivity index (χ0n) is 4.84. The summed E-state index contributed by atoms with van der Waals surface area (Å²) in [7, 11) is -2.47. The van der Waals surface area contributed by atoms with Gasteiger partial charge in [0.25, 0.3) is 0 Å². The summed E-state index contributed by atoms with van der Waals surface area (Å²) in [5.41, 5.74) is 0. The van der Waals surface area contributed by atoms with Gasteiger partial charge in [-0.15, -0.1) is 0 Å². The molecule has 1 unspecified atom stereocenters. The fourth-order valence-corrected chi connectivity index (χ4v) is 0.340. The fourth-order valence-electron chi connectivity index (χ4n) is 0.340. The van der Waals surface area contributed by atoms with Crippen LogP contribution >= 0.6 is 0 Å². The van der Waals surface area contributed by atoms with E-state index in [1.54, 1.807) is 0 Å². The number of hydrogen-bond donors (Lipinski definition) is 3. The molecule has 10 heavy (non-hydrogen) atoms. The van der Waals surface area contributed by atoms with E-state index in [0.717, 1.165) is 0 Å². The van der Waals surface area contributed by atoms with Crippen molar-refractivity contribution in [2.45, 2.75) is 18.6 Å². The largest absolute Gasteiger partial charge is 0.488 e. The smallest absolute Gasteiger partial charge is 0.425 e. The third-order valence-electron chi connectivity index (χ3n) is 0.764. The van der Waals surface area contributed by atoms with Crippen molar-refractivity contribution in [1.29, 1.82) is 0 Å². The van der Waals surface area contributed by atoms with E-state index < -0.39 is 25.7 Å². The Kier molecular flexibility index (Phi) is 3.14. The van der Waals surface area contributed by atoms with Crippen molar-refractivity contribution in [3.8, 4) is 0 Å². The molecule has 0 aromatic carbocycles. The van der Waals surface area contributed by atoms with E-state index in [1.807, 2.05) is 0 Å². The molecule has 1 atom stereocenters. The minimum absolute atomic E-state index is 1.61. The SMILES string of the molecule is OB(O)C(F)CC(O)(F)F. The Balaban J connectivity index is 3.68. The highest BCUT2D eigenvalue weighted by atomic mass is 19.3. The van der Waals surface area contributed by atoms with Crippen LogP contribution in [0.3, 0.4) is 0 Å². The van der Waals surface area contributed by atoms with E-state index in [1.165, 1.54) is 0 Å². The van der Waals surface area contributed by atoms with Crippen molar-refractivity contribution in [2.75, 3.05) is 0 Å². The van der Waals surface area contributed by atoms with Crippen LogP contribution in [0.25, 0.3) is 0 Å². The first kappa shape index (κ1) is 9.73. The third kappa shape index (κ3) is 4.60.